The van der Waals surface area contributed by atoms with E-state index in [0.717, 1.165) is 37.7 Å². The fourth-order valence-electron chi connectivity index (χ4n) is 3.41. The highest BCUT2D eigenvalue weighted by Crippen LogP contribution is 2.35. The average molecular weight is 254 g/mol. The van der Waals surface area contributed by atoms with Crippen LogP contribution in [0.2, 0.25) is 0 Å². The summed E-state index contributed by atoms with van der Waals surface area (Å²) in [6, 6.07) is 0. The smallest absolute Gasteiger partial charge is 0.100 e. The Morgan fingerprint density at radius 2 is 2.00 bits per heavy atom. The first kappa shape index (κ1) is 14.3. The Morgan fingerprint density at radius 1 is 1.22 bits per heavy atom. The van der Waals surface area contributed by atoms with E-state index in [9.17, 15) is 0 Å². The molecular formula is C15H30N2O. The predicted molar refractivity (Wildman–Crippen MR) is 75.3 cm³/mol. The highest BCUT2D eigenvalue weighted by molar-refractivity contribution is 4.81. The maximum Gasteiger partial charge on any atom is 0.100 e. The molecule has 0 amide bonds. The number of hydrogen-bond donors (Lipinski definition) is 0. The van der Waals surface area contributed by atoms with E-state index in [2.05, 4.69) is 37.6 Å². The van der Waals surface area contributed by atoms with Gasteiger partial charge in [-0.05, 0) is 37.6 Å². The minimum atomic E-state index is 0.486. The molecular weight excluding hydrogens is 224 g/mol. The van der Waals surface area contributed by atoms with Crippen molar-refractivity contribution in [3.05, 3.63) is 0 Å². The summed E-state index contributed by atoms with van der Waals surface area (Å²) in [7, 11) is 2.18. The average Bonchev–Trinajstić information content (AvgIpc) is 2.72. The van der Waals surface area contributed by atoms with Gasteiger partial charge in [0.05, 0.1) is 12.8 Å². The van der Waals surface area contributed by atoms with Crippen molar-refractivity contribution >= 4 is 0 Å². The molecule has 0 aromatic carbocycles. The predicted octanol–water partition coefficient (Wildman–Crippen LogP) is 2.63. The molecule has 0 unspecified atom stereocenters. The number of nitrogens with zero attached hydrogens (tertiary/aromatic N) is 2. The van der Waals surface area contributed by atoms with Crippen LogP contribution in [0.5, 0.6) is 0 Å². The van der Waals surface area contributed by atoms with Gasteiger partial charge in [0.1, 0.15) is 6.73 Å². The molecule has 1 saturated heterocycles. The summed E-state index contributed by atoms with van der Waals surface area (Å²) in [6.45, 7) is 11.3. The molecule has 1 aliphatic carbocycles. The topological polar surface area (TPSA) is 15.7 Å². The summed E-state index contributed by atoms with van der Waals surface area (Å²) in [5.74, 6) is 2.36. The van der Waals surface area contributed by atoms with Crippen LogP contribution in [0.4, 0.5) is 0 Å². The second-order valence-corrected chi connectivity index (χ2v) is 6.78. The van der Waals surface area contributed by atoms with E-state index in [1.54, 1.807) is 0 Å². The number of hydrogen-bond acceptors (Lipinski definition) is 3. The normalized spacial score (nSPS) is 35.5. The van der Waals surface area contributed by atoms with Gasteiger partial charge in [-0.2, -0.15) is 0 Å². The van der Waals surface area contributed by atoms with Crippen molar-refractivity contribution in [2.24, 2.45) is 17.8 Å². The molecule has 0 N–H and O–H groups in total. The molecule has 1 aliphatic heterocycles. The lowest BCUT2D eigenvalue weighted by Crippen LogP contribution is -2.37. The van der Waals surface area contributed by atoms with Gasteiger partial charge in [-0.15, -0.1) is 0 Å². The van der Waals surface area contributed by atoms with Crippen molar-refractivity contribution < 1.29 is 4.74 Å². The third-order valence-corrected chi connectivity index (χ3v) is 4.67. The zero-order chi connectivity index (χ0) is 13.1. The lowest BCUT2D eigenvalue weighted by Gasteiger charge is -2.37. The van der Waals surface area contributed by atoms with E-state index in [-0.39, 0.29) is 0 Å². The third kappa shape index (κ3) is 3.69. The van der Waals surface area contributed by atoms with Crippen LogP contribution >= 0.6 is 0 Å². The van der Waals surface area contributed by atoms with Crippen LogP contribution in [0.25, 0.3) is 0 Å². The molecule has 2 fully saturated rings. The number of rotatable bonds is 4. The van der Waals surface area contributed by atoms with Crippen molar-refractivity contribution in [2.75, 3.05) is 33.5 Å². The molecule has 2 aliphatic rings. The second-order valence-electron chi connectivity index (χ2n) is 6.78. The molecule has 3 atom stereocenters. The van der Waals surface area contributed by atoms with E-state index in [1.807, 2.05) is 0 Å². The largest absolute Gasteiger partial charge is 0.362 e. The van der Waals surface area contributed by atoms with E-state index in [4.69, 9.17) is 4.74 Å². The first-order valence-corrected chi connectivity index (χ1v) is 7.58. The summed E-state index contributed by atoms with van der Waals surface area (Å²) in [5.41, 5.74) is 0. The summed E-state index contributed by atoms with van der Waals surface area (Å²) in [4.78, 5) is 4.77. The monoisotopic (exact) mass is 254 g/mol. The Labute approximate surface area is 112 Å². The summed E-state index contributed by atoms with van der Waals surface area (Å²) < 4.78 is 6.26. The molecule has 1 heterocycles. The van der Waals surface area contributed by atoms with Crippen molar-refractivity contribution in [1.29, 1.82) is 0 Å². The Hall–Kier alpha value is -0.120. The van der Waals surface area contributed by atoms with Crippen molar-refractivity contribution in [3.63, 3.8) is 0 Å². The minimum absolute atomic E-state index is 0.486. The van der Waals surface area contributed by atoms with Crippen molar-refractivity contribution in [2.45, 2.75) is 46.1 Å². The molecule has 0 bridgehead atoms. The first-order valence-electron chi connectivity index (χ1n) is 7.58. The zero-order valence-corrected chi connectivity index (χ0v) is 12.6. The fraction of sp³-hybridized carbons (Fsp3) is 1.00. The van der Waals surface area contributed by atoms with Gasteiger partial charge in [0, 0.05) is 13.1 Å². The Bertz CT molecular complexity index is 257. The molecule has 0 spiro atoms. The Balaban J connectivity index is 1.81. The molecule has 18 heavy (non-hydrogen) atoms. The highest BCUT2D eigenvalue weighted by atomic mass is 16.5. The van der Waals surface area contributed by atoms with Crippen LogP contribution in [-0.2, 0) is 4.74 Å². The molecule has 0 aromatic heterocycles. The van der Waals surface area contributed by atoms with Gasteiger partial charge in [-0.25, -0.2) is 0 Å². The Kier molecular flexibility index (Phi) is 5.05. The highest BCUT2D eigenvalue weighted by Gasteiger charge is 2.32. The zero-order valence-electron chi connectivity index (χ0n) is 12.6. The van der Waals surface area contributed by atoms with Gasteiger partial charge < -0.3 is 4.74 Å². The van der Waals surface area contributed by atoms with E-state index in [0.29, 0.717) is 6.10 Å². The summed E-state index contributed by atoms with van der Waals surface area (Å²) in [5, 5.41) is 0. The molecule has 106 valence electrons. The number of likely N-dealkylation sites (N-methyl/N-ethyl adjacent to an activating group) is 1. The maximum atomic E-state index is 6.26. The molecule has 3 heteroatoms. The van der Waals surface area contributed by atoms with Crippen LogP contribution in [-0.4, -0.2) is 49.4 Å². The summed E-state index contributed by atoms with van der Waals surface area (Å²) in [6.07, 6.45) is 4.48. The molecule has 0 radical (unpaired) electrons. The van der Waals surface area contributed by atoms with Crippen LogP contribution < -0.4 is 0 Å². The SMILES string of the molecule is CC(C)[C@H]1CC[C@H](C)C[C@@H]1OCN1CCN(C)C1. The van der Waals surface area contributed by atoms with Gasteiger partial charge in [-0.1, -0.05) is 27.2 Å². The lowest BCUT2D eigenvalue weighted by atomic mass is 9.75. The van der Waals surface area contributed by atoms with Crippen molar-refractivity contribution in [1.82, 2.24) is 9.80 Å². The quantitative estimate of drug-likeness (QED) is 0.767. The van der Waals surface area contributed by atoms with Crippen LogP contribution in [0.3, 0.4) is 0 Å². The van der Waals surface area contributed by atoms with Gasteiger partial charge in [0.2, 0.25) is 0 Å². The number of ether oxygens (including phenoxy) is 1. The van der Waals surface area contributed by atoms with Crippen LogP contribution in [0.1, 0.15) is 40.0 Å². The summed E-state index contributed by atoms with van der Waals surface area (Å²) >= 11 is 0. The van der Waals surface area contributed by atoms with Gasteiger partial charge >= 0.3 is 0 Å². The maximum absolute atomic E-state index is 6.26. The van der Waals surface area contributed by atoms with E-state index >= 15 is 0 Å². The Morgan fingerprint density at radius 3 is 2.61 bits per heavy atom. The van der Waals surface area contributed by atoms with Gasteiger partial charge in [0.15, 0.2) is 0 Å². The standard InChI is InChI=1S/C15H30N2O/c1-12(2)14-6-5-13(3)9-15(14)18-11-17-8-7-16(4)10-17/h12-15H,5-11H2,1-4H3/t13-,14+,15-/m0/s1. The second kappa shape index (κ2) is 6.36. The molecule has 3 nitrogen and oxygen atoms in total. The molecule has 1 saturated carbocycles. The van der Waals surface area contributed by atoms with Crippen LogP contribution in [0, 0.1) is 17.8 Å². The molecule has 0 aromatic rings. The van der Waals surface area contributed by atoms with Gasteiger partial charge in [0.25, 0.3) is 0 Å². The van der Waals surface area contributed by atoms with Crippen LogP contribution in [0.15, 0.2) is 0 Å². The van der Waals surface area contributed by atoms with Crippen molar-refractivity contribution in [3.8, 4) is 0 Å². The first-order chi connectivity index (χ1) is 8.56. The minimum Gasteiger partial charge on any atom is -0.362 e. The van der Waals surface area contributed by atoms with E-state index in [1.165, 1.54) is 25.8 Å². The lowest BCUT2D eigenvalue weighted by molar-refractivity contribution is -0.0787. The fourth-order valence-corrected chi connectivity index (χ4v) is 3.41. The molecule has 2 rings (SSSR count). The van der Waals surface area contributed by atoms with E-state index < -0.39 is 0 Å². The third-order valence-electron chi connectivity index (χ3n) is 4.67. The van der Waals surface area contributed by atoms with Gasteiger partial charge in [-0.3, -0.25) is 9.80 Å².